The van der Waals surface area contributed by atoms with Crippen molar-refractivity contribution in [2.24, 2.45) is 0 Å². The van der Waals surface area contributed by atoms with Crippen LogP contribution in [0.1, 0.15) is 49.9 Å². The smallest absolute Gasteiger partial charge is 0.137 e. The third-order valence-corrected chi connectivity index (χ3v) is 13.7. The molecule has 0 atom stereocenters. The molecule has 9 aromatic carbocycles. The minimum absolute atomic E-state index is 0.151. The fourth-order valence-corrected chi connectivity index (χ4v) is 10.7. The third kappa shape index (κ3) is 4.94. The maximum Gasteiger partial charge on any atom is 0.137 e. The van der Waals surface area contributed by atoms with Gasteiger partial charge in [-0.3, -0.25) is 0 Å². The lowest BCUT2D eigenvalue weighted by atomic mass is 9.81. The molecule has 0 N–H and O–H groups in total. The second-order valence-corrected chi connectivity index (χ2v) is 17.7. The topological polar surface area (TPSA) is 16.4 Å². The zero-order chi connectivity index (χ0) is 40.3. The first-order valence-electron chi connectivity index (χ1n) is 21.1. The van der Waals surface area contributed by atoms with Gasteiger partial charge in [-0.05, 0) is 126 Å². The van der Waals surface area contributed by atoms with Gasteiger partial charge in [-0.25, -0.2) is 0 Å². The van der Waals surface area contributed by atoms with Crippen molar-refractivity contribution in [2.75, 3.05) is 4.90 Å². The molecule has 0 bridgehead atoms. The lowest BCUT2D eigenvalue weighted by molar-refractivity contribution is 0.660. The Bertz CT molecular complexity index is 3380. The van der Waals surface area contributed by atoms with Gasteiger partial charge in [-0.2, -0.15) is 0 Å². The van der Waals surface area contributed by atoms with E-state index in [0.717, 1.165) is 39.0 Å². The average molecular weight is 770 g/mol. The van der Waals surface area contributed by atoms with Crippen LogP contribution in [0.25, 0.3) is 77.2 Å². The summed E-state index contributed by atoms with van der Waals surface area (Å²) in [5.74, 6) is 0. The Morgan fingerprint density at radius 2 is 0.933 bits per heavy atom. The van der Waals surface area contributed by atoms with Crippen LogP contribution in [0, 0.1) is 0 Å². The number of anilines is 3. The molecular weight excluding hydrogens is 727 g/mol. The van der Waals surface area contributed by atoms with E-state index < -0.39 is 0 Å². The minimum Gasteiger partial charge on any atom is -0.456 e. The summed E-state index contributed by atoms with van der Waals surface area (Å²) < 4.78 is 6.81. The van der Waals surface area contributed by atoms with Crippen LogP contribution in [0.2, 0.25) is 0 Å². The van der Waals surface area contributed by atoms with Gasteiger partial charge in [-0.1, -0.05) is 167 Å². The van der Waals surface area contributed by atoms with E-state index >= 15 is 0 Å². The molecule has 2 aliphatic carbocycles. The lowest BCUT2D eigenvalue weighted by Crippen LogP contribution is -2.18. The van der Waals surface area contributed by atoms with Crippen LogP contribution in [-0.4, -0.2) is 0 Å². The quantitative estimate of drug-likeness (QED) is 0.173. The van der Waals surface area contributed by atoms with Gasteiger partial charge in [0.2, 0.25) is 0 Å². The number of hydrogen-bond donors (Lipinski definition) is 0. The lowest BCUT2D eigenvalue weighted by Gasteiger charge is -2.30. The van der Waals surface area contributed by atoms with Crippen molar-refractivity contribution in [1.29, 1.82) is 0 Å². The van der Waals surface area contributed by atoms with Crippen molar-refractivity contribution < 1.29 is 4.42 Å². The number of benzene rings is 9. The molecule has 0 amide bonds. The van der Waals surface area contributed by atoms with Crippen molar-refractivity contribution >= 4 is 49.8 Å². The van der Waals surface area contributed by atoms with Crippen LogP contribution in [0.5, 0.6) is 0 Å². The second-order valence-electron chi connectivity index (χ2n) is 17.7. The Hall–Kier alpha value is -7.16. The van der Waals surface area contributed by atoms with E-state index in [1.807, 2.05) is 0 Å². The molecule has 60 heavy (non-hydrogen) atoms. The summed E-state index contributed by atoms with van der Waals surface area (Å²) >= 11 is 0. The summed E-state index contributed by atoms with van der Waals surface area (Å²) in [5.41, 5.74) is 20.2. The molecule has 2 aliphatic rings. The van der Waals surface area contributed by atoms with Crippen LogP contribution < -0.4 is 4.90 Å². The number of hydrogen-bond acceptors (Lipinski definition) is 2. The van der Waals surface area contributed by atoms with Crippen molar-refractivity contribution in [3.8, 4) is 44.5 Å². The highest BCUT2D eigenvalue weighted by Crippen LogP contribution is 2.55. The minimum atomic E-state index is -0.195. The highest BCUT2D eigenvalue weighted by atomic mass is 16.3. The predicted molar refractivity (Wildman–Crippen MR) is 252 cm³/mol. The summed E-state index contributed by atoms with van der Waals surface area (Å²) in [6.45, 7) is 9.49. The molecule has 0 radical (unpaired) electrons. The van der Waals surface area contributed by atoms with E-state index in [2.05, 4.69) is 221 Å². The highest BCUT2D eigenvalue weighted by molar-refractivity contribution is 6.20. The highest BCUT2D eigenvalue weighted by Gasteiger charge is 2.38. The Balaban J connectivity index is 1.11. The standard InChI is InChI=1S/C58H43NO/c1-57(2)48-23-11-10-20-43(48)44-30-28-39(34-50(44)57)59(40-29-31-45-47-33-38(36-15-6-5-7-16-36)27-32-49(47)58(3,4)51(45)35-40)52-24-14-26-54-56(52)55-46(22-13-25-53(55)60-54)42-21-12-18-37-17-8-9-19-41(37)42/h5-35H,1-4H3. The fourth-order valence-electron chi connectivity index (χ4n) is 10.7. The Kier molecular flexibility index (Phi) is 7.36. The molecule has 0 spiro atoms. The zero-order valence-corrected chi connectivity index (χ0v) is 34.3. The molecule has 0 aliphatic heterocycles. The molecule has 1 aromatic heterocycles. The summed E-state index contributed by atoms with van der Waals surface area (Å²) in [6, 6.07) is 69.3. The summed E-state index contributed by atoms with van der Waals surface area (Å²) in [5, 5.41) is 4.68. The molecule has 2 nitrogen and oxygen atoms in total. The van der Waals surface area contributed by atoms with Crippen molar-refractivity contribution in [3.63, 3.8) is 0 Å². The van der Waals surface area contributed by atoms with Gasteiger partial charge in [0, 0.05) is 27.6 Å². The maximum absolute atomic E-state index is 6.81. The predicted octanol–water partition coefficient (Wildman–Crippen LogP) is 16.2. The summed E-state index contributed by atoms with van der Waals surface area (Å²) in [7, 11) is 0. The van der Waals surface area contributed by atoms with Crippen LogP contribution >= 0.6 is 0 Å². The van der Waals surface area contributed by atoms with E-state index in [-0.39, 0.29) is 10.8 Å². The van der Waals surface area contributed by atoms with E-state index in [4.69, 9.17) is 4.42 Å². The molecule has 0 unspecified atom stereocenters. The first kappa shape index (κ1) is 34.8. The molecule has 0 saturated heterocycles. The number of fused-ring (bicyclic) bond motifs is 10. The number of furan rings is 1. The summed E-state index contributed by atoms with van der Waals surface area (Å²) in [4.78, 5) is 2.49. The van der Waals surface area contributed by atoms with Gasteiger partial charge in [-0.15, -0.1) is 0 Å². The van der Waals surface area contributed by atoms with Crippen molar-refractivity contribution in [2.45, 2.75) is 38.5 Å². The van der Waals surface area contributed by atoms with Crippen LogP contribution in [-0.2, 0) is 10.8 Å². The monoisotopic (exact) mass is 769 g/mol. The van der Waals surface area contributed by atoms with Gasteiger partial charge >= 0.3 is 0 Å². The van der Waals surface area contributed by atoms with Crippen molar-refractivity contribution in [3.05, 3.63) is 210 Å². The maximum atomic E-state index is 6.81. The van der Waals surface area contributed by atoms with Crippen LogP contribution in [0.4, 0.5) is 17.1 Å². The van der Waals surface area contributed by atoms with Crippen LogP contribution in [0.3, 0.4) is 0 Å². The molecule has 0 fully saturated rings. The largest absolute Gasteiger partial charge is 0.456 e. The molecule has 2 heteroatoms. The Labute approximate surface area is 351 Å². The van der Waals surface area contributed by atoms with E-state index in [9.17, 15) is 0 Å². The van der Waals surface area contributed by atoms with Gasteiger partial charge in [0.15, 0.2) is 0 Å². The number of nitrogens with zero attached hydrogens (tertiary/aromatic N) is 1. The SMILES string of the molecule is CC1(C)c2ccccc2-c2ccc(N(c3ccc4c(c3)C(C)(C)c3ccc(-c5ccccc5)cc3-4)c3cccc4oc5cccc(-c6cccc7ccccc67)c5c34)cc21. The second kappa shape index (κ2) is 12.7. The molecule has 12 rings (SSSR count). The zero-order valence-electron chi connectivity index (χ0n) is 34.3. The molecule has 0 saturated carbocycles. The van der Waals surface area contributed by atoms with E-state index in [1.54, 1.807) is 0 Å². The van der Waals surface area contributed by atoms with E-state index in [0.29, 0.717) is 0 Å². The van der Waals surface area contributed by atoms with Crippen molar-refractivity contribution in [1.82, 2.24) is 0 Å². The molecular formula is C58H43NO. The van der Waals surface area contributed by atoms with E-state index in [1.165, 1.54) is 77.5 Å². The van der Waals surface area contributed by atoms with Gasteiger partial charge in [0.05, 0.1) is 11.1 Å². The first-order valence-corrected chi connectivity index (χ1v) is 21.1. The average Bonchev–Trinajstić information content (AvgIpc) is 3.86. The Morgan fingerprint density at radius 1 is 0.367 bits per heavy atom. The Morgan fingerprint density at radius 3 is 1.72 bits per heavy atom. The fraction of sp³-hybridized carbons (Fsp3) is 0.103. The molecule has 286 valence electrons. The first-order chi connectivity index (χ1) is 29.3. The molecule has 1 heterocycles. The normalized spacial score (nSPS) is 14.3. The van der Waals surface area contributed by atoms with Gasteiger partial charge in [0.1, 0.15) is 11.2 Å². The number of rotatable bonds is 5. The van der Waals surface area contributed by atoms with Gasteiger partial charge < -0.3 is 9.32 Å². The molecule has 10 aromatic rings. The van der Waals surface area contributed by atoms with Crippen LogP contribution in [0.15, 0.2) is 192 Å². The van der Waals surface area contributed by atoms with Gasteiger partial charge in [0.25, 0.3) is 0 Å². The summed E-state index contributed by atoms with van der Waals surface area (Å²) in [6.07, 6.45) is 0. The third-order valence-electron chi connectivity index (χ3n) is 13.7.